The number of hydrogen-bond acceptors (Lipinski definition) is 4. The lowest BCUT2D eigenvalue weighted by molar-refractivity contribution is -0.140. The van der Waals surface area contributed by atoms with Crippen molar-refractivity contribution in [1.82, 2.24) is 10.2 Å². The summed E-state index contributed by atoms with van der Waals surface area (Å²) in [5.74, 6) is -0.644. The third kappa shape index (κ3) is 7.92. The molecule has 2 amide bonds. The zero-order chi connectivity index (χ0) is 30.1. The van der Waals surface area contributed by atoms with Crippen LogP contribution in [-0.2, 0) is 26.0 Å². The molecule has 1 aliphatic rings. The predicted octanol–water partition coefficient (Wildman–Crippen LogP) is 6.14. The fraction of sp³-hybridized carbons (Fsp3) is 0.394. The van der Waals surface area contributed by atoms with E-state index in [1.54, 1.807) is 41.3 Å². The summed E-state index contributed by atoms with van der Waals surface area (Å²) in [4.78, 5) is 29.4. The van der Waals surface area contributed by atoms with Gasteiger partial charge in [0.25, 0.3) is 10.0 Å². The molecule has 1 N–H and O–H groups in total. The Balaban J connectivity index is 1.67. The molecule has 0 spiro atoms. The molecular weight excluding hydrogens is 570 g/mol. The molecule has 7 nitrogen and oxygen atoms in total. The first-order valence-electron chi connectivity index (χ1n) is 14.7. The average molecular weight is 610 g/mol. The summed E-state index contributed by atoms with van der Waals surface area (Å²) in [5, 5.41) is 3.57. The lowest BCUT2D eigenvalue weighted by Crippen LogP contribution is -2.54. The van der Waals surface area contributed by atoms with Gasteiger partial charge in [-0.1, -0.05) is 92.4 Å². The SMILES string of the molecule is CC[C@H](C(=O)NC1CCCCC1)N(CCc1ccccc1)C(=O)CN(c1ccc(C)c(Cl)c1)S(=O)(=O)c1ccccc1. The average Bonchev–Trinajstić information content (AvgIpc) is 3.00. The number of anilines is 1. The van der Waals surface area contributed by atoms with Gasteiger partial charge in [0, 0.05) is 17.6 Å². The molecule has 3 aromatic rings. The van der Waals surface area contributed by atoms with Crippen molar-refractivity contribution in [3.05, 3.63) is 95.0 Å². The molecule has 9 heteroatoms. The molecule has 4 rings (SSSR count). The largest absolute Gasteiger partial charge is 0.352 e. The Morgan fingerprint density at radius 3 is 2.21 bits per heavy atom. The third-order valence-corrected chi connectivity index (χ3v) is 10.1. The van der Waals surface area contributed by atoms with Crippen molar-refractivity contribution in [2.45, 2.75) is 75.8 Å². The lowest BCUT2D eigenvalue weighted by atomic mass is 9.95. The van der Waals surface area contributed by atoms with Crippen molar-refractivity contribution < 1.29 is 18.0 Å². The summed E-state index contributed by atoms with van der Waals surface area (Å²) in [5.41, 5.74) is 2.10. The number of benzene rings is 3. The van der Waals surface area contributed by atoms with Crippen molar-refractivity contribution in [2.75, 3.05) is 17.4 Å². The van der Waals surface area contributed by atoms with Crippen molar-refractivity contribution >= 4 is 39.1 Å². The Bertz CT molecular complexity index is 1440. The van der Waals surface area contributed by atoms with Crippen LogP contribution in [0.2, 0.25) is 5.02 Å². The van der Waals surface area contributed by atoms with Crippen LogP contribution in [0.5, 0.6) is 0 Å². The second kappa shape index (κ2) is 14.7. The predicted molar refractivity (Wildman–Crippen MR) is 168 cm³/mol. The highest BCUT2D eigenvalue weighted by Crippen LogP contribution is 2.28. The maximum atomic E-state index is 14.2. The van der Waals surface area contributed by atoms with E-state index in [0.717, 1.165) is 41.1 Å². The monoisotopic (exact) mass is 609 g/mol. The van der Waals surface area contributed by atoms with E-state index in [4.69, 9.17) is 11.6 Å². The van der Waals surface area contributed by atoms with Gasteiger partial charge in [-0.05, 0) is 68.0 Å². The Kier molecular flexibility index (Phi) is 11.0. The first-order chi connectivity index (χ1) is 20.2. The second-order valence-electron chi connectivity index (χ2n) is 10.8. The van der Waals surface area contributed by atoms with Crippen LogP contribution in [0, 0.1) is 6.92 Å². The van der Waals surface area contributed by atoms with Gasteiger partial charge in [-0.15, -0.1) is 0 Å². The Morgan fingerprint density at radius 2 is 1.60 bits per heavy atom. The third-order valence-electron chi connectivity index (χ3n) is 7.88. The minimum absolute atomic E-state index is 0.0624. The van der Waals surface area contributed by atoms with E-state index in [2.05, 4.69) is 5.32 Å². The van der Waals surface area contributed by atoms with E-state index in [-0.39, 0.29) is 29.1 Å². The van der Waals surface area contributed by atoms with E-state index >= 15 is 0 Å². The molecule has 0 heterocycles. The molecule has 0 radical (unpaired) electrons. The Hall–Kier alpha value is -3.36. The first-order valence-corrected chi connectivity index (χ1v) is 16.5. The molecule has 42 heavy (non-hydrogen) atoms. The van der Waals surface area contributed by atoms with Crippen molar-refractivity contribution in [3.63, 3.8) is 0 Å². The smallest absolute Gasteiger partial charge is 0.264 e. The normalized spacial score (nSPS) is 14.6. The van der Waals surface area contributed by atoms with Crippen LogP contribution in [0.15, 0.2) is 83.8 Å². The Labute approximate surface area is 254 Å². The van der Waals surface area contributed by atoms with E-state index in [9.17, 15) is 18.0 Å². The number of aryl methyl sites for hydroxylation is 1. The standard InChI is InChI=1S/C33H40ClN3O4S/c1-3-31(33(39)35-27-15-9-5-10-16-27)36(22-21-26-13-7-4-8-14-26)32(38)24-37(28-20-19-25(2)30(34)23-28)42(40,41)29-17-11-6-12-18-29/h4,6-8,11-14,17-20,23,27,31H,3,5,9-10,15-16,21-22,24H2,1-2H3,(H,35,39)/t31-/m1/s1. The van der Waals surface area contributed by atoms with Crippen LogP contribution in [0.4, 0.5) is 5.69 Å². The molecule has 1 aliphatic carbocycles. The number of nitrogens with one attached hydrogen (secondary N) is 1. The number of amides is 2. The summed E-state index contributed by atoms with van der Waals surface area (Å²) in [6, 6.07) is 22.1. The van der Waals surface area contributed by atoms with E-state index in [1.807, 2.05) is 44.2 Å². The highest BCUT2D eigenvalue weighted by atomic mass is 35.5. The molecule has 1 fully saturated rings. The summed E-state index contributed by atoms with van der Waals surface area (Å²) >= 11 is 6.41. The van der Waals surface area contributed by atoms with Crippen molar-refractivity contribution in [1.29, 1.82) is 0 Å². The van der Waals surface area contributed by atoms with Gasteiger partial charge in [-0.25, -0.2) is 8.42 Å². The molecule has 0 aliphatic heterocycles. The minimum atomic E-state index is -4.13. The highest BCUT2D eigenvalue weighted by Gasteiger charge is 2.34. The summed E-state index contributed by atoms with van der Waals surface area (Å²) in [6.45, 7) is 3.51. The number of hydrogen-bond donors (Lipinski definition) is 1. The summed E-state index contributed by atoms with van der Waals surface area (Å²) in [7, 11) is -4.13. The first kappa shape index (κ1) is 31.6. The molecule has 224 valence electrons. The summed E-state index contributed by atoms with van der Waals surface area (Å²) < 4.78 is 29.0. The van der Waals surface area contributed by atoms with E-state index in [1.165, 1.54) is 18.6 Å². The number of rotatable bonds is 12. The fourth-order valence-corrected chi connectivity index (χ4v) is 7.03. The molecule has 1 saturated carbocycles. The van der Waals surface area contributed by atoms with Gasteiger partial charge in [0.05, 0.1) is 10.6 Å². The molecule has 0 saturated heterocycles. The zero-order valence-corrected chi connectivity index (χ0v) is 25.9. The number of nitrogens with zero attached hydrogens (tertiary/aromatic N) is 2. The van der Waals surface area contributed by atoms with Gasteiger partial charge in [-0.3, -0.25) is 13.9 Å². The van der Waals surface area contributed by atoms with Gasteiger partial charge < -0.3 is 10.2 Å². The molecule has 3 aromatic carbocycles. The van der Waals surface area contributed by atoms with Gasteiger partial charge in [0.1, 0.15) is 12.6 Å². The van der Waals surface area contributed by atoms with Crippen LogP contribution in [0.3, 0.4) is 0 Å². The van der Waals surface area contributed by atoms with Gasteiger partial charge >= 0.3 is 0 Å². The van der Waals surface area contributed by atoms with Crippen LogP contribution in [0.1, 0.15) is 56.6 Å². The van der Waals surface area contributed by atoms with Crippen LogP contribution >= 0.6 is 11.6 Å². The Morgan fingerprint density at radius 1 is 0.952 bits per heavy atom. The van der Waals surface area contributed by atoms with Gasteiger partial charge in [0.2, 0.25) is 11.8 Å². The number of halogens is 1. The highest BCUT2D eigenvalue weighted by molar-refractivity contribution is 7.92. The number of carbonyl (C=O) groups is 2. The van der Waals surface area contributed by atoms with Crippen molar-refractivity contribution in [3.8, 4) is 0 Å². The fourth-order valence-electron chi connectivity index (χ4n) is 5.43. The summed E-state index contributed by atoms with van der Waals surface area (Å²) in [6.07, 6.45) is 6.10. The number of carbonyl (C=O) groups excluding carboxylic acids is 2. The lowest BCUT2D eigenvalue weighted by Gasteiger charge is -2.34. The van der Waals surface area contributed by atoms with Gasteiger partial charge in [-0.2, -0.15) is 0 Å². The zero-order valence-electron chi connectivity index (χ0n) is 24.3. The molecule has 1 atom stereocenters. The second-order valence-corrected chi connectivity index (χ2v) is 13.1. The van der Waals surface area contributed by atoms with Crippen LogP contribution in [-0.4, -0.2) is 50.3 Å². The molecule has 0 unspecified atom stereocenters. The maximum absolute atomic E-state index is 14.2. The van der Waals surface area contributed by atoms with E-state index < -0.39 is 28.5 Å². The molecule has 0 bridgehead atoms. The quantitative estimate of drug-likeness (QED) is 0.267. The van der Waals surface area contributed by atoms with Crippen LogP contribution < -0.4 is 9.62 Å². The maximum Gasteiger partial charge on any atom is 0.264 e. The molecule has 0 aromatic heterocycles. The molecular formula is C33H40ClN3O4S. The van der Waals surface area contributed by atoms with E-state index in [0.29, 0.717) is 17.9 Å². The minimum Gasteiger partial charge on any atom is -0.352 e. The topological polar surface area (TPSA) is 86.8 Å². The number of sulfonamides is 1. The van der Waals surface area contributed by atoms with Crippen LogP contribution in [0.25, 0.3) is 0 Å². The van der Waals surface area contributed by atoms with Crippen molar-refractivity contribution in [2.24, 2.45) is 0 Å². The van der Waals surface area contributed by atoms with Gasteiger partial charge in [0.15, 0.2) is 0 Å².